The molecule has 2 heterocycles. The Morgan fingerprint density at radius 1 is 1.35 bits per heavy atom. The zero-order valence-corrected chi connectivity index (χ0v) is 14.0. The molecule has 9 heteroatoms. The molecular weight excluding hydrogens is 345 g/mol. The first kappa shape index (κ1) is 18.1. The van der Waals surface area contributed by atoms with E-state index in [2.05, 4.69) is 10.6 Å². The van der Waals surface area contributed by atoms with Gasteiger partial charge in [0.05, 0.1) is 0 Å². The van der Waals surface area contributed by atoms with Crippen LogP contribution in [-0.4, -0.2) is 59.8 Å². The molecule has 3 N–H and O–H groups in total. The van der Waals surface area contributed by atoms with Crippen molar-refractivity contribution < 1.29 is 28.6 Å². The molecule has 2 saturated heterocycles. The number of benzene rings is 1. The Labute approximate surface area is 149 Å². The van der Waals surface area contributed by atoms with Gasteiger partial charge < -0.3 is 25.4 Å². The van der Waals surface area contributed by atoms with Crippen LogP contribution in [0.5, 0.6) is 0 Å². The highest BCUT2D eigenvalue weighted by atomic mass is 19.1. The molecule has 2 fully saturated rings. The number of nitrogens with one attached hydrogen (secondary N) is 2. The summed E-state index contributed by atoms with van der Waals surface area (Å²) in [5, 5.41) is 14.8. The first-order valence-electron chi connectivity index (χ1n) is 8.36. The summed E-state index contributed by atoms with van der Waals surface area (Å²) in [5.74, 6) is -2.10. The van der Waals surface area contributed by atoms with Gasteiger partial charge in [-0.15, -0.1) is 0 Å². The molecule has 0 spiro atoms. The van der Waals surface area contributed by atoms with Crippen molar-refractivity contribution in [3.05, 3.63) is 35.6 Å². The quantitative estimate of drug-likeness (QED) is 0.729. The lowest BCUT2D eigenvalue weighted by Crippen LogP contribution is -2.63. The normalized spacial score (nSPS) is 22.4. The monoisotopic (exact) mass is 365 g/mol. The minimum absolute atomic E-state index is 0.138. The fourth-order valence-electron chi connectivity index (χ4n) is 3.28. The number of hydrogen-bond acceptors (Lipinski definition) is 4. The van der Waals surface area contributed by atoms with Crippen LogP contribution in [0.25, 0.3) is 0 Å². The second-order valence-electron chi connectivity index (χ2n) is 6.37. The van der Waals surface area contributed by atoms with E-state index in [4.69, 9.17) is 4.74 Å². The second kappa shape index (κ2) is 7.28. The molecule has 2 aliphatic rings. The molecule has 0 unspecified atom stereocenters. The number of carbonyl (C=O) groups is 3. The maximum absolute atomic E-state index is 13.6. The Bertz CT molecular complexity index is 720. The molecule has 0 bridgehead atoms. The zero-order valence-electron chi connectivity index (χ0n) is 14.0. The number of aliphatic carboxylic acids is 1. The summed E-state index contributed by atoms with van der Waals surface area (Å²) in [6.07, 6.45) is 0.275. The van der Waals surface area contributed by atoms with E-state index in [9.17, 15) is 23.9 Å². The fourth-order valence-corrected chi connectivity index (χ4v) is 3.28. The van der Waals surface area contributed by atoms with Gasteiger partial charge in [0.2, 0.25) is 5.91 Å². The van der Waals surface area contributed by atoms with Crippen molar-refractivity contribution in [1.82, 2.24) is 15.5 Å². The van der Waals surface area contributed by atoms with Crippen molar-refractivity contribution >= 4 is 17.9 Å². The summed E-state index contributed by atoms with van der Waals surface area (Å²) in [6, 6.07) is 3.76. The zero-order chi connectivity index (χ0) is 18.7. The number of carboxylic acid groups (broad SMARTS) is 1. The van der Waals surface area contributed by atoms with Crippen LogP contribution in [0.3, 0.4) is 0 Å². The van der Waals surface area contributed by atoms with E-state index in [1.807, 2.05) is 0 Å². The Hall–Kier alpha value is -2.68. The molecule has 0 aromatic heterocycles. The SMILES string of the molecule is O=C1NCCN(C(=O)NC2(C(=O)O)CCOCC2)[C@H]1c1cccc(F)c1. The topological polar surface area (TPSA) is 108 Å². The number of nitrogens with zero attached hydrogens (tertiary/aromatic N) is 1. The number of halogens is 1. The van der Waals surface area contributed by atoms with Gasteiger partial charge in [-0.3, -0.25) is 4.79 Å². The van der Waals surface area contributed by atoms with Crippen molar-refractivity contribution in [3.8, 4) is 0 Å². The molecular formula is C17H20FN3O5. The van der Waals surface area contributed by atoms with Crippen molar-refractivity contribution in [2.75, 3.05) is 26.3 Å². The average molecular weight is 365 g/mol. The van der Waals surface area contributed by atoms with E-state index in [1.54, 1.807) is 6.07 Å². The fraction of sp³-hybridized carbons (Fsp3) is 0.471. The van der Waals surface area contributed by atoms with Crippen LogP contribution < -0.4 is 10.6 Å². The third-order valence-electron chi connectivity index (χ3n) is 4.74. The molecule has 3 rings (SSSR count). The van der Waals surface area contributed by atoms with Crippen LogP contribution in [0, 0.1) is 5.82 Å². The van der Waals surface area contributed by atoms with E-state index >= 15 is 0 Å². The number of rotatable bonds is 3. The highest BCUT2D eigenvalue weighted by molar-refractivity contribution is 5.91. The summed E-state index contributed by atoms with van der Waals surface area (Å²) in [6.45, 7) is 0.868. The van der Waals surface area contributed by atoms with Crippen LogP contribution in [-0.2, 0) is 14.3 Å². The molecule has 26 heavy (non-hydrogen) atoms. The standard InChI is InChI=1S/C17H20FN3O5/c18-12-3-1-2-11(10-12)13-14(22)19-6-7-21(13)16(25)20-17(15(23)24)4-8-26-9-5-17/h1-3,10,13H,4-9H2,(H,19,22)(H,20,25)(H,23,24)/t13-/m0/s1. The van der Waals surface area contributed by atoms with E-state index in [0.29, 0.717) is 5.56 Å². The first-order chi connectivity index (χ1) is 12.4. The van der Waals surface area contributed by atoms with Crippen molar-refractivity contribution in [2.24, 2.45) is 0 Å². The average Bonchev–Trinajstić information content (AvgIpc) is 2.62. The number of hydrogen-bond donors (Lipinski definition) is 3. The van der Waals surface area contributed by atoms with E-state index < -0.39 is 35.3 Å². The lowest BCUT2D eigenvalue weighted by atomic mass is 9.90. The van der Waals surface area contributed by atoms with E-state index in [1.165, 1.54) is 23.1 Å². The Morgan fingerprint density at radius 3 is 2.73 bits per heavy atom. The number of ether oxygens (including phenoxy) is 1. The molecule has 0 radical (unpaired) electrons. The van der Waals surface area contributed by atoms with Crippen LogP contribution in [0.2, 0.25) is 0 Å². The summed E-state index contributed by atoms with van der Waals surface area (Å²) >= 11 is 0. The highest BCUT2D eigenvalue weighted by Gasteiger charge is 2.44. The maximum atomic E-state index is 13.6. The number of carboxylic acids is 1. The van der Waals surface area contributed by atoms with Gasteiger partial charge >= 0.3 is 12.0 Å². The second-order valence-corrected chi connectivity index (χ2v) is 6.37. The lowest BCUT2D eigenvalue weighted by molar-refractivity contribution is -0.148. The Morgan fingerprint density at radius 2 is 2.08 bits per heavy atom. The number of carbonyl (C=O) groups excluding carboxylic acids is 2. The van der Waals surface area contributed by atoms with Crippen LogP contribution in [0.4, 0.5) is 9.18 Å². The highest BCUT2D eigenvalue weighted by Crippen LogP contribution is 2.26. The number of amides is 3. The predicted molar refractivity (Wildman–Crippen MR) is 87.8 cm³/mol. The molecule has 2 aliphatic heterocycles. The summed E-state index contributed by atoms with van der Waals surface area (Å²) in [7, 11) is 0. The number of urea groups is 1. The largest absolute Gasteiger partial charge is 0.480 e. The van der Waals surface area contributed by atoms with Crippen LogP contribution in [0.1, 0.15) is 24.4 Å². The Balaban J connectivity index is 1.86. The smallest absolute Gasteiger partial charge is 0.329 e. The van der Waals surface area contributed by atoms with Gasteiger partial charge in [-0.1, -0.05) is 12.1 Å². The van der Waals surface area contributed by atoms with Crippen LogP contribution >= 0.6 is 0 Å². The van der Waals surface area contributed by atoms with Gasteiger partial charge in [-0.05, 0) is 17.7 Å². The third-order valence-corrected chi connectivity index (χ3v) is 4.74. The molecule has 1 aromatic rings. The Kier molecular flexibility index (Phi) is 5.08. The predicted octanol–water partition coefficient (Wildman–Crippen LogP) is 0.642. The van der Waals surface area contributed by atoms with Gasteiger partial charge in [0.15, 0.2) is 0 Å². The van der Waals surface area contributed by atoms with Gasteiger partial charge in [0.25, 0.3) is 0 Å². The lowest BCUT2D eigenvalue weighted by Gasteiger charge is -2.39. The summed E-state index contributed by atoms with van der Waals surface area (Å²) < 4.78 is 18.8. The molecule has 1 atom stereocenters. The van der Waals surface area contributed by atoms with Crippen molar-refractivity contribution in [2.45, 2.75) is 24.4 Å². The van der Waals surface area contributed by atoms with E-state index in [0.717, 1.165) is 0 Å². The summed E-state index contributed by atoms with van der Waals surface area (Å²) in [4.78, 5) is 38.1. The molecule has 0 saturated carbocycles. The first-order valence-corrected chi connectivity index (χ1v) is 8.36. The van der Waals surface area contributed by atoms with Crippen LogP contribution in [0.15, 0.2) is 24.3 Å². The number of piperazine rings is 1. The minimum atomic E-state index is -1.43. The molecule has 140 valence electrons. The van der Waals surface area contributed by atoms with Gasteiger partial charge in [-0.2, -0.15) is 0 Å². The molecule has 3 amide bonds. The molecule has 0 aliphatic carbocycles. The minimum Gasteiger partial charge on any atom is -0.480 e. The third kappa shape index (κ3) is 3.48. The van der Waals surface area contributed by atoms with Gasteiger partial charge in [0, 0.05) is 39.1 Å². The molecule has 1 aromatic carbocycles. The van der Waals surface area contributed by atoms with Crippen molar-refractivity contribution in [3.63, 3.8) is 0 Å². The van der Waals surface area contributed by atoms with Gasteiger partial charge in [-0.25, -0.2) is 14.0 Å². The summed E-state index contributed by atoms with van der Waals surface area (Å²) in [5.41, 5.74) is -1.11. The van der Waals surface area contributed by atoms with E-state index in [-0.39, 0.29) is 39.1 Å². The molecule has 8 nitrogen and oxygen atoms in total. The van der Waals surface area contributed by atoms with Crippen molar-refractivity contribution in [1.29, 1.82) is 0 Å². The maximum Gasteiger partial charge on any atom is 0.329 e. The van der Waals surface area contributed by atoms with Gasteiger partial charge in [0.1, 0.15) is 17.4 Å².